The molecule has 1 aromatic rings. The van der Waals surface area contributed by atoms with E-state index in [0.29, 0.717) is 5.75 Å². The summed E-state index contributed by atoms with van der Waals surface area (Å²) in [4.78, 5) is 0. The van der Waals surface area contributed by atoms with E-state index >= 15 is 0 Å². The molecule has 6 N–H and O–H groups in total. The van der Waals surface area contributed by atoms with E-state index in [1.165, 1.54) is 0 Å². The zero-order chi connectivity index (χ0) is 16.2. The Kier molecular flexibility index (Phi) is 26.8. The average Bonchev–Trinajstić information content (AvgIpc) is 2.49. The first-order valence-corrected chi connectivity index (χ1v) is 5.96. The van der Waals surface area contributed by atoms with Gasteiger partial charge in [-0.1, -0.05) is 24.3 Å². The number of phenols is 1. The topological polar surface area (TPSA) is 121 Å². The third-order valence-corrected chi connectivity index (χ3v) is 1.28. The highest BCUT2D eigenvalue weighted by molar-refractivity contribution is 5.18. The second-order valence-electron chi connectivity index (χ2n) is 3.21. The van der Waals surface area contributed by atoms with Crippen LogP contribution in [0, 0.1) is 0 Å². The number of hydrogen-bond donors (Lipinski definition) is 6. The molecular formula is C14H26O6. The Morgan fingerprint density at radius 3 is 1.45 bits per heavy atom. The van der Waals surface area contributed by atoms with Crippen LogP contribution in [0.1, 0.15) is 6.92 Å². The maximum absolute atomic E-state index is 8.63. The van der Waals surface area contributed by atoms with Crippen LogP contribution in [0.25, 0.3) is 0 Å². The molecule has 0 amide bonds. The van der Waals surface area contributed by atoms with Gasteiger partial charge >= 0.3 is 0 Å². The molecule has 0 saturated heterocycles. The smallest absolute Gasteiger partial charge is 0.115 e. The Labute approximate surface area is 119 Å². The lowest BCUT2D eigenvalue weighted by molar-refractivity contribution is 0.0450. The molecule has 0 radical (unpaired) electrons. The predicted octanol–water partition coefficient (Wildman–Crippen LogP) is -0.113. The van der Waals surface area contributed by atoms with Crippen molar-refractivity contribution in [2.24, 2.45) is 0 Å². The van der Waals surface area contributed by atoms with Crippen LogP contribution in [0.5, 0.6) is 5.75 Å². The quantitative estimate of drug-likeness (QED) is 0.432. The van der Waals surface area contributed by atoms with Crippen molar-refractivity contribution >= 4 is 0 Å². The van der Waals surface area contributed by atoms with Gasteiger partial charge in [-0.25, -0.2) is 0 Å². The van der Waals surface area contributed by atoms with Crippen LogP contribution in [-0.2, 0) is 0 Å². The van der Waals surface area contributed by atoms with Crippen LogP contribution >= 0.6 is 0 Å². The molecule has 0 fully saturated rings. The average molecular weight is 290 g/mol. The van der Waals surface area contributed by atoms with Crippen molar-refractivity contribution in [2.45, 2.75) is 13.0 Å². The van der Waals surface area contributed by atoms with E-state index in [1.54, 1.807) is 30.3 Å². The maximum Gasteiger partial charge on any atom is 0.115 e. The number of aliphatic hydroxyl groups is 5. The Morgan fingerprint density at radius 2 is 1.35 bits per heavy atom. The number of hydrogen-bond acceptors (Lipinski definition) is 6. The Morgan fingerprint density at radius 1 is 1.00 bits per heavy atom. The number of benzene rings is 1. The highest BCUT2D eigenvalue weighted by atomic mass is 16.3. The third kappa shape index (κ3) is 30.0. The largest absolute Gasteiger partial charge is 0.508 e. The van der Waals surface area contributed by atoms with Gasteiger partial charge in [0.05, 0.1) is 26.4 Å². The summed E-state index contributed by atoms with van der Waals surface area (Å²) in [6.07, 6.45) is 0.796. The van der Waals surface area contributed by atoms with Gasteiger partial charge in [0.1, 0.15) is 11.9 Å². The lowest BCUT2D eigenvalue weighted by atomic mass is 10.3. The molecule has 20 heavy (non-hydrogen) atoms. The van der Waals surface area contributed by atoms with Gasteiger partial charge in [0.25, 0.3) is 0 Å². The van der Waals surface area contributed by atoms with Crippen molar-refractivity contribution in [3.05, 3.63) is 43.0 Å². The summed E-state index contributed by atoms with van der Waals surface area (Å²) in [5.74, 6) is 0.322. The summed E-state index contributed by atoms with van der Waals surface area (Å²) in [5, 5.41) is 47.9. The number of para-hydroxylation sites is 1. The Bertz CT molecular complexity index is 260. The summed E-state index contributed by atoms with van der Waals surface area (Å²) in [5.41, 5.74) is 0. The number of allylic oxidation sites excluding steroid dienone is 1. The van der Waals surface area contributed by atoms with Crippen molar-refractivity contribution < 1.29 is 30.6 Å². The summed E-state index contributed by atoms with van der Waals surface area (Å²) in [7, 11) is 0. The first-order chi connectivity index (χ1) is 9.53. The minimum absolute atomic E-state index is 0.125. The van der Waals surface area contributed by atoms with E-state index in [9.17, 15) is 0 Å². The second kappa shape index (κ2) is 22.7. The molecule has 6 nitrogen and oxygen atoms in total. The number of rotatable bonds is 3. The van der Waals surface area contributed by atoms with Crippen LogP contribution in [0.4, 0.5) is 0 Å². The standard InChI is InChI=1S/C6H6O.C3H8O3.C3H6.C2H6O2/c7-6-4-2-1-3-5-6;4-1-3(6)2-5;1-3-2;3-1-2-4/h1-5,7H;3-6H,1-2H2;3H,1H2,2H3;3-4H,1-2H2. The lowest BCUT2D eigenvalue weighted by Gasteiger charge is -1.96. The van der Waals surface area contributed by atoms with Gasteiger partial charge in [0, 0.05) is 0 Å². The van der Waals surface area contributed by atoms with Crippen molar-refractivity contribution in [3.8, 4) is 5.75 Å². The molecule has 0 spiro atoms. The van der Waals surface area contributed by atoms with Gasteiger partial charge in [0.2, 0.25) is 0 Å². The molecule has 0 atom stereocenters. The Hall–Kier alpha value is -1.44. The normalized spacial score (nSPS) is 8.15. The number of aliphatic hydroxyl groups excluding tert-OH is 5. The molecule has 0 aromatic heterocycles. The highest BCUT2D eigenvalue weighted by Crippen LogP contribution is 2.02. The fourth-order valence-electron chi connectivity index (χ4n) is 0.486. The fourth-order valence-corrected chi connectivity index (χ4v) is 0.486. The van der Waals surface area contributed by atoms with Crippen LogP contribution < -0.4 is 0 Å². The van der Waals surface area contributed by atoms with Crippen LogP contribution in [-0.4, -0.2) is 63.2 Å². The molecule has 0 saturated carbocycles. The molecule has 118 valence electrons. The van der Waals surface area contributed by atoms with Crippen molar-refractivity contribution in [2.75, 3.05) is 26.4 Å². The van der Waals surface area contributed by atoms with Crippen molar-refractivity contribution in [3.63, 3.8) is 0 Å². The SMILES string of the molecule is C=CC.OCC(O)CO.OCCO.Oc1ccccc1. The summed E-state index contributed by atoms with van der Waals surface area (Å²) in [6, 6.07) is 8.71. The minimum Gasteiger partial charge on any atom is -0.508 e. The van der Waals surface area contributed by atoms with E-state index in [2.05, 4.69) is 6.58 Å². The number of aromatic hydroxyl groups is 1. The molecule has 0 unspecified atom stereocenters. The van der Waals surface area contributed by atoms with Gasteiger partial charge in [-0.3, -0.25) is 0 Å². The molecule has 6 heteroatoms. The molecule has 0 bridgehead atoms. The fraction of sp³-hybridized carbons (Fsp3) is 0.429. The summed E-state index contributed by atoms with van der Waals surface area (Å²) < 4.78 is 0. The predicted molar refractivity (Wildman–Crippen MR) is 78.3 cm³/mol. The first kappa shape index (κ1) is 23.6. The molecule has 1 aromatic carbocycles. The van der Waals surface area contributed by atoms with Gasteiger partial charge < -0.3 is 30.6 Å². The van der Waals surface area contributed by atoms with E-state index < -0.39 is 6.10 Å². The minimum atomic E-state index is -0.954. The van der Waals surface area contributed by atoms with Gasteiger partial charge in [0.15, 0.2) is 0 Å². The number of phenolic OH excluding ortho intramolecular Hbond substituents is 1. The van der Waals surface area contributed by atoms with Crippen molar-refractivity contribution in [1.82, 2.24) is 0 Å². The van der Waals surface area contributed by atoms with E-state index in [1.807, 2.05) is 13.0 Å². The molecule has 0 heterocycles. The monoisotopic (exact) mass is 290 g/mol. The summed E-state index contributed by atoms with van der Waals surface area (Å²) in [6.45, 7) is 4.27. The Balaban J connectivity index is -0.000000204. The molecule has 0 aliphatic carbocycles. The third-order valence-electron chi connectivity index (χ3n) is 1.28. The molecule has 1 rings (SSSR count). The molecular weight excluding hydrogens is 264 g/mol. The lowest BCUT2D eigenvalue weighted by Crippen LogP contribution is -2.15. The zero-order valence-electron chi connectivity index (χ0n) is 11.8. The second-order valence-corrected chi connectivity index (χ2v) is 3.21. The van der Waals surface area contributed by atoms with Gasteiger partial charge in [-0.15, -0.1) is 6.58 Å². The van der Waals surface area contributed by atoms with Gasteiger partial charge in [-0.2, -0.15) is 0 Å². The maximum atomic E-state index is 8.63. The highest BCUT2D eigenvalue weighted by Gasteiger charge is 1.93. The van der Waals surface area contributed by atoms with Crippen LogP contribution in [0.3, 0.4) is 0 Å². The summed E-state index contributed by atoms with van der Waals surface area (Å²) >= 11 is 0. The van der Waals surface area contributed by atoms with Gasteiger partial charge in [-0.05, 0) is 19.1 Å². The van der Waals surface area contributed by atoms with Crippen molar-refractivity contribution in [1.29, 1.82) is 0 Å². The van der Waals surface area contributed by atoms with E-state index in [4.69, 9.17) is 30.6 Å². The van der Waals surface area contributed by atoms with Crippen LogP contribution in [0.2, 0.25) is 0 Å². The molecule has 0 aliphatic rings. The van der Waals surface area contributed by atoms with Crippen LogP contribution in [0.15, 0.2) is 43.0 Å². The first-order valence-electron chi connectivity index (χ1n) is 5.96. The van der Waals surface area contributed by atoms with E-state index in [0.717, 1.165) is 0 Å². The molecule has 0 aliphatic heterocycles. The van der Waals surface area contributed by atoms with E-state index in [-0.39, 0.29) is 26.4 Å². The zero-order valence-corrected chi connectivity index (χ0v) is 11.8.